The largest absolute Gasteiger partial charge is 0.385 e. The number of aromatic amines is 1. The Kier molecular flexibility index (Phi) is 3.11. The van der Waals surface area contributed by atoms with Gasteiger partial charge in [0.2, 0.25) is 0 Å². The predicted molar refractivity (Wildman–Crippen MR) is 43.5 cm³/mol. The van der Waals surface area contributed by atoms with Crippen molar-refractivity contribution in [3.8, 4) is 0 Å². The van der Waals surface area contributed by atoms with Crippen molar-refractivity contribution >= 4 is 0 Å². The van der Waals surface area contributed by atoms with Gasteiger partial charge in [-0.1, -0.05) is 6.92 Å². The number of hydrogen-bond acceptors (Lipinski definition) is 2. The van der Waals surface area contributed by atoms with Gasteiger partial charge in [-0.3, -0.25) is 5.10 Å². The second-order valence-electron chi connectivity index (χ2n) is 2.71. The Morgan fingerprint density at radius 3 is 3.09 bits per heavy atom. The number of H-pyrrole nitrogens is 1. The predicted octanol–water partition coefficient (Wildman–Crippen LogP) is 1.55. The van der Waals surface area contributed by atoms with Crippen LogP contribution in [0.25, 0.3) is 0 Å². The molecule has 1 aromatic rings. The fourth-order valence-corrected chi connectivity index (χ4v) is 0.992. The van der Waals surface area contributed by atoms with Crippen molar-refractivity contribution in [2.24, 2.45) is 0 Å². The Bertz CT molecular complexity index is 184. The summed E-state index contributed by atoms with van der Waals surface area (Å²) in [5, 5.41) is 6.68. The van der Waals surface area contributed by atoms with Gasteiger partial charge >= 0.3 is 0 Å². The van der Waals surface area contributed by atoms with Gasteiger partial charge in [0, 0.05) is 19.9 Å². The van der Waals surface area contributed by atoms with Gasteiger partial charge in [-0.15, -0.1) is 0 Å². The maximum Gasteiger partial charge on any atom is 0.0521 e. The molecule has 0 spiro atoms. The van der Waals surface area contributed by atoms with Gasteiger partial charge in [0.15, 0.2) is 0 Å². The van der Waals surface area contributed by atoms with E-state index in [9.17, 15) is 0 Å². The van der Waals surface area contributed by atoms with Crippen molar-refractivity contribution in [3.63, 3.8) is 0 Å². The minimum atomic E-state index is 0.536. The quantitative estimate of drug-likeness (QED) is 0.714. The number of hydrogen-bond donors (Lipinski definition) is 1. The Morgan fingerprint density at radius 1 is 1.73 bits per heavy atom. The molecule has 0 saturated heterocycles. The van der Waals surface area contributed by atoms with Crippen LogP contribution < -0.4 is 0 Å². The molecule has 0 aliphatic carbocycles. The van der Waals surface area contributed by atoms with Gasteiger partial charge in [-0.25, -0.2) is 0 Å². The fourth-order valence-electron chi connectivity index (χ4n) is 0.992. The Morgan fingerprint density at radius 2 is 2.55 bits per heavy atom. The summed E-state index contributed by atoms with van der Waals surface area (Å²) in [4.78, 5) is 0. The zero-order chi connectivity index (χ0) is 8.10. The first-order valence-corrected chi connectivity index (χ1v) is 3.82. The average molecular weight is 154 g/mol. The fraction of sp³-hybridized carbons (Fsp3) is 0.625. The molecule has 3 heteroatoms. The third-order valence-corrected chi connectivity index (χ3v) is 1.84. The van der Waals surface area contributed by atoms with Gasteiger partial charge in [0.05, 0.1) is 6.20 Å². The smallest absolute Gasteiger partial charge is 0.0521 e. The maximum absolute atomic E-state index is 4.98. The summed E-state index contributed by atoms with van der Waals surface area (Å²) in [5.41, 5.74) is 1.25. The molecule has 1 heterocycles. The number of nitrogens with one attached hydrogen (secondary N) is 1. The van der Waals surface area contributed by atoms with Gasteiger partial charge in [-0.05, 0) is 17.9 Å². The molecule has 1 aromatic heterocycles. The lowest BCUT2D eigenvalue weighted by Gasteiger charge is -2.06. The molecule has 1 N–H and O–H groups in total. The van der Waals surface area contributed by atoms with Crippen molar-refractivity contribution in [1.82, 2.24) is 10.2 Å². The highest BCUT2D eigenvalue weighted by Gasteiger charge is 2.04. The Labute approximate surface area is 66.8 Å². The molecule has 11 heavy (non-hydrogen) atoms. The van der Waals surface area contributed by atoms with E-state index in [1.165, 1.54) is 5.56 Å². The van der Waals surface area contributed by atoms with E-state index in [2.05, 4.69) is 17.1 Å². The van der Waals surface area contributed by atoms with Crippen LogP contribution in [0.1, 0.15) is 24.8 Å². The number of ether oxygens (including phenoxy) is 1. The normalized spacial score (nSPS) is 13.3. The lowest BCUT2D eigenvalue weighted by atomic mass is 10.0. The molecule has 1 rings (SSSR count). The van der Waals surface area contributed by atoms with Crippen LogP contribution >= 0.6 is 0 Å². The molecule has 0 aliphatic heterocycles. The highest BCUT2D eigenvalue weighted by molar-refractivity contribution is 5.08. The molecule has 1 unspecified atom stereocenters. The van der Waals surface area contributed by atoms with Crippen LogP contribution in [0.5, 0.6) is 0 Å². The molecule has 3 nitrogen and oxygen atoms in total. The van der Waals surface area contributed by atoms with Crippen molar-refractivity contribution in [3.05, 3.63) is 18.0 Å². The van der Waals surface area contributed by atoms with Crippen LogP contribution in [0.2, 0.25) is 0 Å². The van der Waals surface area contributed by atoms with Crippen LogP contribution in [-0.4, -0.2) is 23.9 Å². The standard InChI is InChI=1S/C8H14N2O/c1-7(3-4-11-2)8-5-9-10-6-8/h5-7H,3-4H2,1-2H3,(H,9,10). The summed E-state index contributed by atoms with van der Waals surface area (Å²) < 4.78 is 4.98. The average Bonchev–Trinajstić information content (AvgIpc) is 2.52. The molecule has 0 saturated carbocycles. The minimum absolute atomic E-state index is 0.536. The first kappa shape index (κ1) is 8.27. The van der Waals surface area contributed by atoms with Gasteiger partial charge < -0.3 is 4.74 Å². The third kappa shape index (κ3) is 2.35. The monoisotopic (exact) mass is 154 g/mol. The van der Waals surface area contributed by atoms with E-state index in [1.807, 2.05) is 12.4 Å². The van der Waals surface area contributed by atoms with E-state index in [0.717, 1.165) is 13.0 Å². The molecule has 0 amide bonds. The van der Waals surface area contributed by atoms with E-state index in [1.54, 1.807) is 7.11 Å². The second-order valence-corrected chi connectivity index (χ2v) is 2.71. The van der Waals surface area contributed by atoms with Crippen molar-refractivity contribution in [1.29, 1.82) is 0 Å². The number of rotatable bonds is 4. The van der Waals surface area contributed by atoms with E-state index < -0.39 is 0 Å². The van der Waals surface area contributed by atoms with Crippen molar-refractivity contribution in [2.45, 2.75) is 19.3 Å². The van der Waals surface area contributed by atoms with E-state index in [0.29, 0.717) is 5.92 Å². The zero-order valence-corrected chi connectivity index (χ0v) is 7.00. The molecular weight excluding hydrogens is 140 g/mol. The third-order valence-electron chi connectivity index (χ3n) is 1.84. The van der Waals surface area contributed by atoms with E-state index in [4.69, 9.17) is 4.74 Å². The number of nitrogens with zero attached hydrogens (tertiary/aromatic N) is 1. The van der Waals surface area contributed by atoms with Crippen LogP contribution in [0.15, 0.2) is 12.4 Å². The zero-order valence-electron chi connectivity index (χ0n) is 7.00. The summed E-state index contributed by atoms with van der Waals surface area (Å²) in [6.45, 7) is 2.98. The maximum atomic E-state index is 4.98. The van der Waals surface area contributed by atoms with Crippen LogP contribution in [0, 0.1) is 0 Å². The Hall–Kier alpha value is -0.830. The highest BCUT2D eigenvalue weighted by Crippen LogP contribution is 2.16. The molecule has 0 aliphatic rings. The van der Waals surface area contributed by atoms with Crippen molar-refractivity contribution < 1.29 is 4.74 Å². The second kappa shape index (κ2) is 4.13. The summed E-state index contributed by atoms with van der Waals surface area (Å²) in [7, 11) is 1.72. The molecular formula is C8H14N2O. The lowest BCUT2D eigenvalue weighted by Crippen LogP contribution is -1.97. The van der Waals surface area contributed by atoms with Crippen LogP contribution in [0.4, 0.5) is 0 Å². The van der Waals surface area contributed by atoms with Crippen LogP contribution in [-0.2, 0) is 4.74 Å². The van der Waals surface area contributed by atoms with Gasteiger partial charge in [0.1, 0.15) is 0 Å². The molecule has 0 fully saturated rings. The first-order valence-electron chi connectivity index (χ1n) is 3.82. The lowest BCUT2D eigenvalue weighted by molar-refractivity contribution is 0.189. The number of methoxy groups -OCH3 is 1. The molecule has 0 bridgehead atoms. The Balaban J connectivity index is 2.36. The topological polar surface area (TPSA) is 37.9 Å². The highest BCUT2D eigenvalue weighted by atomic mass is 16.5. The van der Waals surface area contributed by atoms with Crippen molar-refractivity contribution in [2.75, 3.05) is 13.7 Å². The molecule has 62 valence electrons. The van der Waals surface area contributed by atoms with E-state index in [-0.39, 0.29) is 0 Å². The summed E-state index contributed by atoms with van der Waals surface area (Å²) >= 11 is 0. The van der Waals surface area contributed by atoms with Gasteiger partial charge in [-0.2, -0.15) is 5.10 Å². The first-order chi connectivity index (χ1) is 5.34. The van der Waals surface area contributed by atoms with Crippen LogP contribution in [0.3, 0.4) is 0 Å². The summed E-state index contributed by atoms with van der Waals surface area (Å²) in [6.07, 6.45) is 4.84. The molecule has 1 atom stereocenters. The van der Waals surface area contributed by atoms with E-state index >= 15 is 0 Å². The SMILES string of the molecule is COCCC(C)c1cn[nH]c1. The summed E-state index contributed by atoms with van der Waals surface area (Å²) in [5.74, 6) is 0.536. The summed E-state index contributed by atoms with van der Waals surface area (Å²) in [6, 6.07) is 0. The molecule has 0 aromatic carbocycles. The van der Waals surface area contributed by atoms with Gasteiger partial charge in [0.25, 0.3) is 0 Å². The number of aromatic nitrogens is 2. The molecule has 0 radical (unpaired) electrons. The minimum Gasteiger partial charge on any atom is -0.385 e.